The fourth-order valence-electron chi connectivity index (χ4n) is 1.64. The van der Waals surface area contributed by atoms with Gasteiger partial charge in [-0.25, -0.2) is 0 Å². The maximum atomic E-state index is 11.4. The molecule has 5 heteroatoms. The van der Waals surface area contributed by atoms with Crippen LogP contribution in [0.3, 0.4) is 0 Å². The Morgan fingerprint density at radius 3 is 2.56 bits per heavy atom. The number of hydrogen-bond acceptors (Lipinski definition) is 2. The van der Waals surface area contributed by atoms with Crippen molar-refractivity contribution >= 4 is 34.9 Å². The maximum Gasteiger partial charge on any atom is 0.230 e. The first kappa shape index (κ1) is 11.4. The van der Waals surface area contributed by atoms with E-state index in [-0.39, 0.29) is 24.7 Å². The van der Waals surface area contributed by atoms with Gasteiger partial charge in [-0.2, -0.15) is 0 Å². The smallest absolute Gasteiger partial charge is 0.230 e. The zero-order valence-electron chi connectivity index (χ0n) is 8.37. The second kappa shape index (κ2) is 4.44. The molecule has 84 valence electrons. The predicted octanol–water partition coefficient (Wildman–Crippen LogP) is 2.29. The molecule has 0 spiro atoms. The number of amides is 1. The molecule has 0 unspecified atom stereocenters. The highest BCUT2D eigenvalue weighted by Crippen LogP contribution is 2.23. The first-order chi connectivity index (χ1) is 7.56. The van der Waals surface area contributed by atoms with Crippen LogP contribution in [0.15, 0.2) is 18.2 Å². The Balaban J connectivity index is 2.15. The molecule has 0 atom stereocenters. The Kier molecular flexibility index (Phi) is 3.17. The SMILES string of the molecule is O=C1CC(=O)N(Cc2ccc(Cl)cc2Cl)C1. The molecule has 16 heavy (non-hydrogen) atoms. The summed E-state index contributed by atoms with van der Waals surface area (Å²) in [5.41, 5.74) is 0.800. The summed E-state index contributed by atoms with van der Waals surface area (Å²) < 4.78 is 0. The number of ketones is 1. The molecule has 1 aromatic rings. The number of benzene rings is 1. The van der Waals surface area contributed by atoms with Crippen molar-refractivity contribution in [2.24, 2.45) is 0 Å². The van der Waals surface area contributed by atoms with Crippen LogP contribution in [-0.2, 0) is 16.1 Å². The summed E-state index contributed by atoms with van der Waals surface area (Å²) in [4.78, 5) is 24.0. The lowest BCUT2D eigenvalue weighted by atomic mass is 10.2. The van der Waals surface area contributed by atoms with Gasteiger partial charge in [0, 0.05) is 16.6 Å². The molecule has 1 aromatic carbocycles. The minimum atomic E-state index is -0.143. The zero-order valence-corrected chi connectivity index (χ0v) is 9.88. The highest BCUT2D eigenvalue weighted by molar-refractivity contribution is 6.35. The van der Waals surface area contributed by atoms with Gasteiger partial charge in [0.1, 0.15) is 0 Å². The van der Waals surface area contributed by atoms with Gasteiger partial charge < -0.3 is 4.90 Å². The molecule has 1 amide bonds. The second-order valence-electron chi connectivity index (χ2n) is 3.70. The second-order valence-corrected chi connectivity index (χ2v) is 4.54. The van der Waals surface area contributed by atoms with Crippen molar-refractivity contribution in [2.45, 2.75) is 13.0 Å². The Labute approximate surface area is 103 Å². The van der Waals surface area contributed by atoms with Gasteiger partial charge in [-0.05, 0) is 17.7 Å². The lowest BCUT2D eigenvalue weighted by molar-refractivity contribution is -0.128. The van der Waals surface area contributed by atoms with E-state index < -0.39 is 0 Å². The van der Waals surface area contributed by atoms with Crippen LogP contribution in [0.25, 0.3) is 0 Å². The third kappa shape index (κ3) is 2.36. The maximum absolute atomic E-state index is 11.4. The highest BCUT2D eigenvalue weighted by atomic mass is 35.5. The van der Waals surface area contributed by atoms with Gasteiger partial charge in [0.25, 0.3) is 0 Å². The molecule has 0 saturated carbocycles. The molecule has 1 aliphatic rings. The average molecular weight is 258 g/mol. The number of likely N-dealkylation sites (tertiary alicyclic amines) is 1. The van der Waals surface area contributed by atoms with E-state index >= 15 is 0 Å². The van der Waals surface area contributed by atoms with Crippen molar-refractivity contribution in [3.05, 3.63) is 33.8 Å². The summed E-state index contributed by atoms with van der Waals surface area (Å²) >= 11 is 11.8. The van der Waals surface area contributed by atoms with E-state index in [0.29, 0.717) is 16.6 Å². The van der Waals surface area contributed by atoms with E-state index in [1.165, 1.54) is 4.90 Å². The lowest BCUT2D eigenvalue weighted by Gasteiger charge is -2.15. The first-order valence-corrected chi connectivity index (χ1v) is 5.55. The predicted molar refractivity (Wildman–Crippen MR) is 61.5 cm³/mol. The minimum Gasteiger partial charge on any atom is -0.331 e. The summed E-state index contributed by atoms with van der Waals surface area (Å²) in [5, 5.41) is 1.07. The minimum absolute atomic E-state index is 0.00517. The van der Waals surface area contributed by atoms with Crippen LogP contribution in [0, 0.1) is 0 Å². The van der Waals surface area contributed by atoms with Crippen LogP contribution in [0.5, 0.6) is 0 Å². The van der Waals surface area contributed by atoms with Crippen LogP contribution >= 0.6 is 23.2 Å². The van der Waals surface area contributed by atoms with Gasteiger partial charge in [0.05, 0.1) is 13.0 Å². The molecule has 2 rings (SSSR count). The number of carbonyl (C=O) groups excluding carboxylic acids is 2. The van der Waals surface area contributed by atoms with E-state index in [9.17, 15) is 9.59 Å². The van der Waals surface area contributed by atoms with Crippen LogP contribution < -0.4 is 0 Å². The zero-order chi connectivity index (χ0) is 11.7. The monoisotopic (exact) mass is 257 g/mol. The van der Waals surface area contributed by atoms with Crippen molar-refractivity contribution in [1.82, 2.24) is 4.90 Å². The molecule has 3 nitrogen and oxygen atoms in total. The largest absolute Gasteiger partial charge is 0.331 e. The van der Waals surface area contributed by atoms with Gasteiger partial charge in [-0.3, -0.25) is 9.59 Å². The van der Waals surface area contributed by atoms with Crippen LogP contribution in [0.1, 0.15) is 12.0 Å². The molecule has 1 fully saturated rings. The fraction of sp³-hybridized carbons (Fsp3) is 0.273. The lowest BCUT2D eigenvalue weighted by Crippen LogP contribution is -2.24. The Morgan fingerprint density at radius 1 is 1.25 bits per heavy atom. The van der Waals surface area contributed by atoms with Gasteiger partial charge in [-0.1, -0.05) is 29.3 Å². The van der Waals surface area contributed by atoms with Crippen molar-refractivity contribution in [3.8, 4) is 0 Å². The van der Waals surface area contributed by atoms with Crippen molar-refractivity contribution < 1.29 is 9.59 Å². The van der Waals surface area contributed by atoms with E-state index in [1.54, 1.807) is 18.2 Å². The van der Waals surface area contributed by atoms with Crippen LogP contribution in [0.4, 0.5) is 0 Å². The fourth-order valence-corrected chi connectivity index (χ4v) is 2.11. The van der Waals surface area contributed by atoms with E-state index in [1.807, 2.05) is 0 Å². The highest BCUT2D eigenvalue weighted by Gasteiger charge is 2.27. The topological polar surface area (TPSA) is 37.4 Å². The molecule has 0 aliphatic carbocycles. The summed E-state index contributed by atoms with van der Waals surface area (Å²) in [6.45, 7) is 0.540. The third-order valence-corrected chi connectivity index (χ3v) is 3.03. The van der Waals surface area contributed by atoms with Crippen LogP contribution in [-0.4, -0.2) is 23.1 Å². The van der Waals surface area contributed by atoms with Gasteiger partial charge in [0.15, 0.2) is 5.78 Å². The quantitative estimate of drug-likeness (QED) is 0.763. The summed E-state index contributed by atoms with van der Waals surface area (Å²) in [6.07, 6.45) is 0.00517. The van der Waals surface area contributed by atoms with Gasteiger partial charge in [-0.15, -0.1) is 0 Å². The van der Waals surface area contributed by atoms with Crippen molar-refractivity contribution in [1.29, 1.82) is 0 Å². The van der Waals surface area contributed by atoms with E-state index in [2.05, 4.69) is 0 Å². The molecular weight excluding hydrogens is 249 g/mol. The number of hydrogen-bond donors (Lipinski definition) is 0. The first-order valence-electron chi connectivity index (χ1n) is 4.79. The number of rotatable bonds is 2. The van der Waals surface area contributed by atoms with Crippen molar-refractivity contribution in [2.75, 3.05) is 6.54 Å². The molecule has 0 N–H and O–H groups in total. The molecule has 1 heterocycles. The Bertz CT molecular complexity index is 459. The summed E-state index contributed by atoms with van der Waals surface area (Å²) in [6, 6.07) is 5.10. The van der Waals surface area contributed by atoms with Gasteiger partial charge in [0.2, 0.25) is 5.91 Å². The summed E-state index contributed by atoms with van der Waals surface area (Å²) in [5.74, 6) is -0.189. The third-order valence-electron chi connectivity index (χ3n) is 2.44. The molecule has 1 saturated heterocycles. The molecule has 1 aliphatic heterocycles. The van der Waals surface area contributed by atoms with Crippen LogP contribution in [0.2, 0.25) is 10.0 Å². The number of Topliss-reactive ketones (excluding diaryl/α,β-unsaturated/α-hetero) is 1. The van der Waals surface area contributed by atoms with E-state index in [0.717, 1.165) is 5.56 Å². The number of carbonyl (C=O) groups is 2. The average Bonchev–Trinajstić information content (AvgIpc) is 2.50. The Morgan fingerprint density at radius 2 is 2.00 bits per heavy atom. The summed E-state index contributed by atoms with van der Waals surface area (Å²) in [7, 11) is 0. The number of halogens is 2. The molecular formula is C11H9Cl2NO2. The van der Waals surface area contributed by atoms with Crippen molar-refractivity contribution in [3.63, 3.8) is 0 Å². The van der Waals surface area contributed by atoms with E-state index in [4.69, 9.17) is 23.2 Å². The standard InChI is InChI=1S/C11H9Cl2NO2/c12-8-2-1-7(10(13)3-8)5-14-6-9(15)4-11(14)16/h1-3H,4-6H2. The van der Waals surface area contributed by atoms with Gasteiger partial charge >= 0.3 is 0 Å². The number of nitrogens with zero attached hydrogens (tertiary/aromatic N) is 1. The molecule has 0 radical (unpaired) electrons. The normalized spacial score (nSPS) is 16.0. The molecule has 0 aromatic heterocycles. The Hall–Kier alpha value is -1.06. The molecule has 0 bridgehead atoms.